The normalized spacial score (nSPS) is 48.6. The maximum absolute atomic E-state index is 6.27. The average molecular weight is 196 g/mol. The van der Waals surface area contributed by atoms with E-state index < -0.39 is 0 Å². The number of hydrogen-bond donors (Lipinski definition) is 0. The van der Waals surface area contributed by atoms with E-state index in [4.69, 9.17) is 4.74 Å². The maximum Gasteiger partial charge on any atom is 0.0607 e. The van der Waals surface area contributed by atoms with Crippen molar-refractivity contribution in [2.45, 2.75) is 65.1 Å². The Morgan fingerprint density at radius 3 is 2.07 bits per heavy atom. The molecule has 2 fully saturated rings. The molecule has 5 unspecified atom stereocenters. The monoisotopic (exact) mass is 196 g/mol. The van der Waals surface area contributed by atoms with Crippen LogP contribution in [0.25, 0.3) is 0 Å². The summed E-state index contributed by atoms with van der Waals surface area (Å²) in [5.74, 6) is 2.46. The smallest absolute Gasteiger partial charge is 0.0607 e. The summed E-state index contributed by atoms with van der Waals surface area (Å²) in [6.45, 7) is 7.08. The molecule has 0 aromatic heterocycles. The van der Waals surface area contributed by atoms with Crippen molar-refractivity contribution in [3.63, 3.8) is 0 Å². The summed E-state index contributed by atoms with van der Waals surface area (Å²) in [5.41, 5.74) is 0. The van der Waals surface area contributed by atoms with Gasteiger partial charge in [-0.25, -0.2) is 0 Å². The Kier molecular flexibility index (Phi) is 3.16. The second kappa shape index (κ2) is 4.22. The van der Waals surface area contributed by atoms with E-state index in [9.17, 15) is 0 Å². The standard InChI is InChI=1S/C13H24O/c1-9-7-8-13(11(9)3)14-12-6-4-5-10(12)2/h9-13H,4-8H2,1-3H3. The Morgan fingerprint density at radius 2 is 1.57 bits per heavy atom. The Balaban J connectivity index is 1.85. The Hall–Kier alpha value is -0.0400. The molecule has 0 aromatic rings. The van der Waals surface area contributed by atoms with Gasteiger partial charge in [0.2, 0.25) is 0 Å². The van der Waals surface area contributed by atoms with Crippen LogP contribution in [-0.4, -0.2) is 12.2 Å². The molecule has 0 N–H and O–H groups in total. The third kappa shape index (κ3) is 1.98. The largest absolute Gasteiger partial charge is 0.374 e. The minimum atomic E-state index is 0.565. The zero-order valence-corrected chi connectivity index (χ0v) is 9.83. The first-order valence-corrected chi connectivity index (χ1v) is 6.34. The van der Waals surface area contributed by atoms with Crippen LogP contribution >= 0.6 is 0 Å². The van der Waals surface area contributed by atoms with Crippen LogP contribution in [0.1, 0.15) is 52.9 Å². The predicted molar refractivity (Wildman–Crippen MR) is 59.2 cm³/mol. The van der Waals surface area contributed by atoms with Gasteiger partial charge in [0.1, 0.15) is 0 Å². The molecule has 82 valence electrons. The third-order valence-electron chi connectivity index (χ3n) is 4.52. The predicted octanol–water partition coefficient (Wildman–Crippen LogP) is 3.63. The van der Waals surface area contributed by atoms with Crippen molar-refractivity contribution in [1.82, 2.24) is 0 Å². The molecule has 14 heavy (non-hydrogen) atoms. The minimum Gasteiger partial charge on any atom is -0.374 e. The fourth-order valence-electron chi connectivity index (χ4n) is 3.05. The van der Waals surface area contributed by atoms with Gasteiger partial charge in [-0.15, -0.1) is 0 Å². The molecule has 0 radical (unpaired) electrons. The van der Waals surface area contributed by atoms with E-state index in [1.807, 2.05) is 0 Å². The highest BCUT2D eigenvalue weighted by atomic mass is 16.5. The van der Waals surface area contributed by atoms with Crippen molar-refractivity contribution in [2.24, 2.45) is 17.8 Å². The first-order valence-electron chi connectivity index (χ1n) is 6.34. The van der Waals surface area contributed by atoms with Gasteiger partial charge in [0, 0.05) is 0 Å². The van der Waals surface area contributed by atoms with Crippen molar-refractivity contribution in [2.75, 3.05) is 0 Å². The molecule has 2 saturated carbocycles. The van der Waals surface area contributed by atoms with Crippen LogP contribution < -0.4 is 0 Å². The van der Waals surface area contributed by atoms with Gasteiger partial charge in [0.15, 0.2) is 0 Å². The SMILES string of the molecule is CC1CCCC1OC1CCC(C)C1C. The first-order chi connectivity index (χ1) is 6.68. The van der Waals surface area contributed by atoms with E-state index >= 15 is 0 Å². The fraction of sp³-hybridized carbons (Fsp3) is 1.00. The number of ether oxygens (including phenoxy) is 1. The van der Waals surface area contributed by atoms with Crippen molar-refractivity contribution >= 4 is 0 Å². The molecule has 0 aromatic carbocycles. The van der Waals surface area contributed by atoms with Crippen LogP contribution in [0.5, 0.6) is 0 Å². The molecule has 0 saturated heterocycles. The summed E-state index contributed by atoms with van der Waals surface area (Å²) < 4.78 is 6.27. The van der Waals surface area contributed by atoms with E-state index in [0.29, 0.717) is 12.2 Å². The summed E-state index contributed by atoms with van der Waals surface area (Å²) in [6.07, 6.45) is 7.87. The van der Waals surface area contributed by atoms with Gasteiger partial charge in [0.05, 0.1) is 12.2 Å². The molecule has 0 aliphatic heterocycles. The second-order valence-electron chi connectivity index (χ2n) is 5.53. The molecule has 0 bridgehead atoms. The van der Waals surface area contributed by atoms with Gasteiger partial charge in [-0.3, -0.25) is 0 Å². The van der Waals surface area contributed by atoms with Crippen LogP contribution in [0.15, 0.2) is 0 Å². The first kappa shape index (κ1) is 10.5. The number of hydrogen-bond acceptors (Lipinski definition) is 1. The minimum absolute atomic E-state index is 0.565. The lowest BCUT2D eigenvalue weighted by molar-refractivity contribution is -0.0451. The Bertz CT molecular complexity index is 190. The van der Waals surface area contributed by atoms with E-state index in [2.05, 4.69) is 20.8 Å². The van der Waals surface area contributed by atoms with Crippen molar-refractivity contribution in [3.05, 3.63) is 0 Å². The average Bonchev–Trinajstić information content (AvgIpc) is 2.68. The van der Waals surface area contributed by atoms with Crippen LogP contribution in [0.3, 0.4) is 0 Å². The lowest BCUT2D eigenvalue weighted by atomic mass is 9.99. The lowest BCUT2D eigenvalue weighted by Gasteiger charge is -2.25. The molecular weight excluding hydrogens is 172 g/mol. The molecule has 2 aliphatic rings. The molecule has 1 nitrogen and oxygen atoms in total. The van der Waals surface area contributed by atoms with Crippen LogP contribution in [0.2, 0.25) is 0 Å². The highest BCUT2D eigenvalue weighted by molar-refractivity contribution is 4.83. The number of rotatable bonds is 2. The molecule has 2 aliphatic carbocycles. The molecular formula is C13H24O. The van der Waals surface area contributed by atoms with Gasteiger partial charge >= 0.3 is 0 Å². The van der Waals surface area contributed by atoms with Crippen LogP contribution in [0.4, 0.5) is 0 Å². The van der Waals surface area contributed by atoms with Crippen molar-refractivity contribution in [1.29, 1.82) is 0 Å². The summed E-state index contributed by atoms with van der Waals surface area (Å²) in [7, 11) is 0. The molecule has 2 rings (SSSR count). The third-order valence-corrected chi connectivity index (χ3v) is 4.52. The quantitative estimate of drug-likeness (QED) is 0.655. The molecule has 1 heteroatoms. The zero-order valence-electron chi connectivity index (χ0n) is 9.83. The zero-order chi connectivity index (χ0) is 10.1. The summed E-state index contributed by atoms with van der Waals surface area (Å²) in [6, 6.07) is 0. The van der Waals surface area contributed by atoms with Gasteiger partial charge < -0.3 is 4.74 Å². The van der Waals surface area contributed by atoms with E-state index in [-0.39, 0.29) is 0 Å². The summed E-state index contributed by atoms with van der Waals surface area (Å²) in [5, 5.41) is 0. The van der Waals surface area contributed by atoms with Crippen LogP contribution in [-0.2, 0) is 4.74 Å². The maximum atomic E-state index is 6.27. The molecule has 5 atom stereocenters. The topological polar surface area (TPSA) is 9.23 Å². The van der Waals surface area contributed by atoms with Crippen molar-refractivity contribution < 1.29 is 4.74 Å². The van der Waals surface area contributed by atoms with E-state index in [1.165, 1.54) is 32.1 Å². The van der Waals surface area contributed by atoms with Crippen LogP contribution in [0, 0.1) is 17.8 Å². The molecule has 0 spiro atoms. The fourth-order valence-corrected chi connectivity index (χ4v) is 3.05. The van der Waals surface area contributed by atoms with Crippen molar-refractivity contribution in [3.8, 4) is 0 Å². The highest BCUT2D eigenvalue weighted by Crippen LogP contribution is 2.37. The lowest BCUT2D eigenvalue weighted by Crippen LogP contribution is -2.26. The molecule has 0 amide bonds. The van der Waals surface area contributed by atoms with Gasteiger partial charge in [0.25, 0.3) is 0 Å². The van der Waals surface area contributed by atoms with Gasteiger partial charge in [-0.2, -0.15) is 0 Å². The Labute approximate surface area is 88.2 Å². The summed E-state index contributed by atoms with van der Waals surface area (Å²) in [4.78, 5) is 0. The Morgan fingerprint density at radius 1 is 0.786 bits per heavy atom. The molecule has 0 heterocycles. The summed E-state index contributed by atoms with van der Waals surface area (Å²) >= 11 is 0. The highest BCUT2D eigenvalue weighted by Gasteiger charge is 2.34. The van der Waals surface area contributed by atoms with E-state index in [1.54, 1.807) is 0 Å². The van der Waals surface area contributed by atoms with Gasteiger partial charge in [-0.1, -0.05) is 27.2 Å². The van der Waals surface area contributed by atoms with Gasteiger partial charge in [-0.05, 0) is 43.4 Å². The van der Waals surface area contributed by atoms with E-state index in [0.717, 1.165) is 17.8 Å². The second-order valence-corrected chi connectivity index (χ2v) is 5.53.